The molecule has 3 saturated heterocycles. The number of aryl methyl sites for hydroxylation is 9. The van der Waals surface area contributed by atoms with Crippen molar-refractivity contribution in [2.45, 2.75) is 161 Å². The Hall–Kier alpha value is -11.7. The smallest absolute Gasteiger partial charge is 0.436 e. The second-order valence-corrected chi connectivity index (χ2v) is 20.0. The lowest BCUT2D eigenvalue weighted by Gasteiger charge is -1.91. The Labute approximate surface area is 607 Å². The minimum atomic E-state index is -1.48. The molecule has 0 saturated carbocycles. The Balaban J connectivity index is -0.000000133. The van der Waals surface area contributed by atoms with Gasteiger partial charge in [-0.25, -0.2) is 68.4 Å². The molecule has 0 bridgehead atoms. The molecule has 53 heteroatoms. The number of hydrogen-bond acceptors (Lipinski definition) is 37. The van der Waals surface area contributed by atoms with Crippen LogP contribution in [-0.2, 0) is 58.4 Å². The highest BCUT2D eigenvalue weighted by atomic mass is 32.2. The van der Waals surface area contributed by atoms with Gasteiger partial charge in [0.05, 0.1) is 12.3 Å². The quantitative estimate of drug-likeness (QED) is 0.0766. The van der Waals surface area contributed by atoms with Gasteiger partial charge in [0.1, 0.15) is 40.8 Å². The number of H-pyrrole nitrogens is 9. The SMILES string of the molecule is C.C.C.C.C.C.C.C.C.CC1=NS(=O)ON1.CC1C(=O)NOC1=O.CC1OC(=O)NC1=O.CC1SC(=O)NC1=O.Cc1cc(=O)[nH]o1.Cc1n[nH]c(=O)n1C.Cc1n[nH]c(=O)o1.Cc1nc(=O)[nH]o1.Cc1nc(=S)o[nH]1.Cc1nn[nH]n1.Cc1noc(=O)[nH]1.Cc1nsc(=O)[nH]1.Cn1oc(=O)[nH]c1=O. The number of amides is 5. The standard InChI is InChI=1S/C4H7N3O.2C4H5NO3.C4H5NO2S.C4H5NO2.C3H4N2O3.3C3H4N2O2.2C3H4N2OS.C2H4N4.C2H4N2O2S.9CH4/c1-3-5-6-4(8)7(3)2;1-2-3(6)5-4(7)8-2;1-2-3(6)5-8-4(2)7;1-2-3(6)5-4(7)8-2;1-3-2-4(6)5-7-3;1-5-2(6)4-3(7)8-5;1-2-4-5-3(6)7-2;1-2-4-3(6)5-7-2;2*1-2-4-3(6)7-5-2;1-2-4-3(7)6-5-2;1-2-3-5-6-4-2;1-2-3-6-7(5)4-2;;;;;;;;;/h1-2H3,(H,6,8);2H,1H3,(H,5,6,7);2H,1H3,(H,5,6);2H,1H3,(H,5,6,7);2H,1H3,(H,5,6);1H3,(H,4,6,7);2*1H3,(H,5,6);2*1H3,(H,4,5,6);1H3,(H,4,5,7);1H3,(H,3,4,5,6);1H3,(H,3,4);9*1H4. The molecule has 0 aliphatic carbocycles. The van der Waals surface area contributed by atoms with Gasteiger partial charge in [0.15, 0.2) is 11.9 Å². The predicted octanol–water partition coefficient (Wildman–Crippen LogP) is 2.52. The second kappa shape index (κ2) is 57.9. The van der Waals surface area contributed by atoms with Crippen molar-refractivity contribution in [2.24, 2.45) is 24.4 Å². The van der Waals surface area contributed by atoms with Crippen LogP contribution in [0.25, 0.3) is 0 Å². The van der Waals surface area contributed by atoms with Gasteiger partial charge in [-0.05, 0) is 81.5 Å². The topological polar surface area (TPSA) is 691 Å². The summed E-state index contributed by atoms with van der Waals surface area (Å²) in [4.78, 5) is 161. The van der Waals surface area contributed by atoms with E-state index in [4.69, 9.17) is 0 Å². The van der Waals surface area contributed by atoms with Crippen LogP contribution < -0.4 is 66.4 Å². The molecule has 104 heavy (non-hydrogen) atoms. The number of hydrogen-bond donors (Lipinski definition) is 13. The van der Waals surface area contributed by atoms with Gasteiger partial charge in [0.25, 0.3) is 22.6 Å². The summed E-state index contributed by atoms with van der Waals surface area (Å²) in [6.07, 6.45) is -1.26. The lowest BCUT2D eigenvalue weighted by Crippen LogP contribution is -2.22. The van der Waals surface area contributed by atoms with Crippen LogP contribution in [0.1, 0.15) is 141 Å². The summed E-state index contributed by atoms with van der Waals surface area (Å²) in [5.74, 6) is 1.41. The largest absolute Gasteiger partial charge is 0.440 e. The molecule has 592 valence electrons. The molecule has 0 radical (unpaired) electrons. The van der Waals surface area contributed by atoms with Crippen molar-refractivity contribution >= 4 is 87.6 Å². The highest BCUT2D eigenvalue weighted by Crippen LogP contribution is 2.17. The highest BCUT2D eigenvalue weighted by Gasteiger charge is 2.31. The molecule has 0 spiro atoms. The van der Waals surface area contributed by atoms with Crippen molar-refractivity contribution in [3.63, 3.8) is 0 Å². The van der Waals surface area contributed by atoms with Crippen LogP contribution in [0.15, 0.2) is 75.9 Å². The average molecular weight is 1570 g/mol. The zero-order valence-electron chi connectivity index (χ0n) is 51.6. The second-order valence-electron chi connectivity index (χ2n) is 16.8. The van der Waals surface area contributed by atoms with E-state index in [1.165, 1.54) is 31.5 Å². The first-order chi connectivity index (χ1) is 44.4. The number of tetrazole rings is 1. The summed E-state index contributed by atoms with van der Waals surface area (Å²) in [7, 11) is 3.02. The molecule has 4 aliphatic rings. The van der Waals surface area contributed by atoms with Gasteiger partial charge < -0.3 is 32.1 Å². The third-order valence-corrected chi connectivity index (χ3v) is 11.2. The molecule has 3 fully saturated rings. The number of amidine groups is 1. The molecular weight excluding hydrogens is 1470 g/mol. The van der Waals surface area contributed by atoms with Crippen LogP contribution in [0.3, 0.4) is 0 Å². The molecule has 13 rings (SSSR count). The number of alkyl carbamates (subject to hydrolysis) is 1. The maximum atomic E-state index is 10.5. The highest BCUT2D eigenvalue weighted by molar-refractivity contribution is 8.15. The zero-order chi connectivity index (χ0) is 72.1. The van der Waals surface area contributed by atoms with Gasteiger partial charge in [-0.3, -0.25) is 58.5 Å². The molecule has 13 heterocycles. The molecule has 5 amide bonds. The summed E-state index contributed by atoms with van der Waals surface area (Å²) in [5, 5.41) is 37.8. The van der Waals surface area contributed by atoms with E-state index in [2.05, 4.69) is 149 Å². The molecular formula is C51H95N25O24S4. The van der Waals surface area contributed by atoms with Crippen molar-refractivity contribution in [3.8, 4) is 0 Å². The number of imide groups is 2. The predicted molar refractivity (Wildman–Crippen MR) is 380 cm³/mol. The molecule has 4 unspecified atom stereocenters. The number of aromatic nitrogens is 20. The van der Waals surface area contributed by atoms with E-state index in [1.54, 1.807) is 76.3 Å². The van der Waals surface area contributed by atoms with Crippen molar-refractivity contribution in [2.75, 3.05) is 0 Å². The molecule has 4 aliphatic heterocycles. The minimum Gasteiger partial charge on any atom is -0.436 e. The normalized spacial score (nSPS) is 14.1. The number of thioether (sulfide) groups is 1. The van der Waals surface area contributed by atoms with E-state index in [-0.39, 0.29) is 116 Å². The fourth-order valence-corrected chi connectivity index (χ4v) is 6.18. The van der Waals surface area contributed by atoms with E-state index < -0.39 is 64.0 Å². The van der Waals surface area contributed by atoms with Gasteiger partial charge in [-0.15, -0.1) is 19.7 Å². The first-order valence-corrected chi connectivity index (χ1v) is 28.3. The Morgan fingerprint density at radius 1 is 0.615 bits per heavy atom. The van der Waals surface area contributed by atoms with Gasteiger partial charge in [0, 0.05) is 38.5 Å². The van der Waals surface area contributed by atoms with Gasteiger partial charge >= 0.3 is 67.4 Å². The first kappa shape index (κ1) is 111. The maximum Gasteiger partial charge on any atom is 0.440 e. The third-order valence-electron chi connectivity index (χ3n) is 8.88. The number of aromatic amines is 9. The van der Waals surface area contributed by atoms with Gasteiger partial charge in [0.2, 0.25) is 17.7 Å². The number of hydroxylamine groups is 2. The molecule has 9 aromatic rings. The van der Waals surface area contributed by atoms with Crippen LogP contribution >= 0.6 is 35.5 Å². The van der Waals surface area contributed by atoms with Crippen LogP contribution in [0, 0.1) is 66.1 Å². The molecule has 4 atom stereocenters. The Morgan fingerprint density at radius 3 is 1.37 bits per heavy atom. The molecule has 13 N–H and O–H groups in total. The number of rotatable bonds is 0. The molecule has 49 nitrogen and oxygen atoms in total. The van der Waals surface area contributed by atoms with E-state index in [9.17, 15) is 71.3 Å². The fourth-order valence-electron chi connectivity index (χ4n) is 4.40. The molecule has 0 aromatic carbocycles. The van der Waals surface area contributed by atoms with E-state index in [0.717, 1.165) is 28.0 Å². The Bertz CT molecular complexity index is 4030. The summed E-state index contributed by atoms with van der Waals surface area (Å²) in [5.41, 5.74) is 2.94. The van der Waals surface area contributed by atoms with Crippen LogP contribution in [-0.4, -0.2) is 157 Å². The molecule has 9 aromatic heterocycles. The van der Waals surface area contributed by atoms with Crippen molar-refractivity contribution < 1.29 is 73.9 Å². The van der Waals surface area contributed by atoms with Crippen LogP contribution in [0.2, 0.25) is 0 Å². The van der Waals surface area contributed by atoms with Crippen LogP contribution in [0.5, 0.6) is 0 Å². The van der Waals surface area contributed by atoms with E-state index >= 15 is 0 Å². The number of nitrogens with zero attached hydrogens (tertiary/aromatic N) is 12. The first-order valence-electron chi connectivity index (χ1n) is 25.2. The van der Waals surface area contributed by atoms with E-state index in [1.807, 2.05) is 20.9 Å². The summed E-state index contributed by atoms with van der Waals surface area (Å²) >= 11 is 5.02. The zero-order valence-corrected chi connectivity index (χ0v) is 54.9. The van der Waals surface area contributed by atoms with Crippen molar-refractivity contribution in [3.05, 3.63) is 141 Å². The third kappa shape index (κ3) is 49.7. The lowest BCUT2D eigenvalue weighted by atomic mass is 10.2. The monoisotopic (exact) mass is 1570 g/mol. The number of cyclic esters (lactones) is 1. The Morgan fingerprint density at radius 2 is 1.24 bits per heavy atom. The number of ether oxygens (including phenoxy) is 1. The van der Waals surface area contributed by atoms with Crippen molar-refractivity contribution in [1.82, 2.24) is 122 Å². The van der Waals surface area contributed by atoms with Gasteiger partial charge in [-0.1, -0.05) is 89.0 Å². The summed E-state index contributed by atoms with van der Waals surface area (Å²) in [6.45, 7) is 20.0. The van der Waals surface area contributed by atoms with Gasteiger partial charge in [-0.2, -0.15) is 49.5 Å². The maximum absolute atomic E-state index is 10.5. The van der Waals surface area contributed by atoms with Crippen molar-refractivity contribution in [1.29, 1.82) is 0 Å². The lowest BCUT2D eigenvalue weighted by molar-refractivity contribution is -0.145. The summed E-state index contributed by atoms with van der Waals surface area (Å²) in [6, 6.07) is 1.39. The van der Waals surface area contributed by atoms with Crippen LogP contribution in [0.4, 0.5) is 9.59 Å². The number of carbonyl (C=O) groups is 6. The van der Waals surface area contributed by atoms with E-state index in [0.29, 0.717) is 52.5 Å². The fraction of sp³-hybridized carbons (Fsp3) is 0.510. The average Bonchev–Trinajstić information content (AvgIpc) is 1.78. The number of nitrogens with one attached hydrogen (secondary N) is 13. The summed E-state index contributed by atoms with van der Waals surface area (Å²) < 4.78 is 54.3. The Kier molecular flexibility index (Phi) is 61.8. The number of carbonyl (C=O) groups excluding carboxylic acids is 6. The minimum absolute atomic E-state index is 0.